The number of carbonyl (C=O) groups excluding carboxylic acids is 1. The second kappa shape index (κ2) is 10.1. The maximum absolute atomic E-state index is 11.9. The molecule has 1 aromatic carbocycles. The lowest BCUT2D eigenvalue weighted by Crippen LogP contribution is -2.43. The van der Waals surface area contributed by atoms with E-state index in [0.717, 1.165) is 5.56 Å². The number of rotatable bonds is 6. The summed E-state index contributed by atoms with van der Waals surface area (Å²) in [5.74, 6) is -1.08. The van der Waals surface area contributed by atoms with Crippen molar-refractivity contribution in [3.8, 4) is 0 Å². The van der Waals surface area contributed by atoms with Gasteiger partial charge in [-0.15, -0.1) is 12.4 Å². The van der Waals surface area contributed by atoms with Gasteiger partial charge in [0.25, 0.3) is 0 Å². The van der Waals surface area contributed by atoms with Gasteiger partial charge in [-0.1, -0.05) is 35.3 Å². The van der Waals surface area contributed by atoms with Crippen molar-refractivity contribution in [2.24, 2.45) is 5.92 Å². The van der Waals surface area contributed by atoms with Crippen LogP contribution in [0.2, 0.25) is 10.0 Å². The van der Waals surface area contributed by atoms with Crippen molar-refractivity contribution < 1.29 is 14.7 Å². The topological polar surface area (TPSA) is 69.6 Å². The molecule has 0 spiro atoms. The molecule has 5 nitrogen and oxygen atoms in total. The van der Waals surface area contributed by atoms with Crippen LogP contribution in [0.4, 0.5) is 0 Å². The summed E-state index contributed by atoms with van der Waals surface area (Å²) in [6, 6.07) is 5.45. The van der Waals surface area contributed by atoms with Crippen LogP contribution in [-0.4, -0.2) is 48.1 Å². The van der Waals surface area contributed by atoms with Gasteiger partial charge in [-0.2, -0.15) is 0 Å². The summed E-state index contributed by atoms with van der Waals surface area (Å²) in [5, 5.41) is 12.9. The first-order chi connectivity index (χ1) is 11.0. The number of benzene rings is 1. The maximum atomic E-state index is 11.9. The van der Waals surface area contributed by atoms with E-state index in [-0.39, 0.29) is 24.2 Å². The van der Waals surface area contributed by atoms with Crippen molar-refractivity contribution in [1.82, 2.24) is 10.2 Å². The number of carboxylic acids is 1. The predicted molar refractivity (Wildman–Crippen MR) is 97.2 cm³/mol. The fourth-order valence-corrected chi connectivity index (χ4v) is 3.09. The second-order valence-electron chi connectivity index (χ2n) is 5.70. The number of hydrogen-bond donors (Lipinski definition) is 2. The quantitative estimate of drug-likeness (QED) is 0.777. The van der Waals surface area contributed by atoms with Gasteiger partial charge in [0, 0.05) is 6.54 Å². The zero-order chi connectivity index (χ0) is 16.8. The first-order valence-corrected chi connectivity index (χ1v) is 8.37. The fourth-order valence-electron chi connectivity index (χ4n) is 2.68. The van der Waals surface area contributed by atoms with Crippen LogP contribution in [0, 0.1) is 5.92 Å². The first-order valence-electron chi connectivity index (χ1n) is 7.62. The van der Waals surface area contributed by atoms with Crippen LogP contribution in [0.3, 0.4) is 0 Å². The largest absolute Gasteiger partial charge is 0.481 e. The monoisotopic (exact) mass is 394 g/mol. The minimum Gasteiger partial charge on any atom is -0.481 e. The third kappa shape index (κ3) is 6.13. The Hall–Kier alpha value is -1.01. The highest BCUT2D eigenvalue weighted by Gasteiger charge is 2.25. The van der Waals surface area contributed by atoms with Gasteiger partial charge in [-0.25, -0.2) is 0 Å². The summed E-state index contributed by atoms with van der Waals surface area (Å²) in [6.45, 7) is 2.08. The molecule has 0 aliphatic carbocycles. The number of hydrogen-bond acceptors (Lipinski definition) is 3. The van der Waals surface area contributed by atoms with Gasteiger partial charge in [0.2, 0.25) is 5.91 Å². The van der Waals surface area contributed by atoms with Crippen molar-refractivity contribution in [2.75, 3.05) is 26.2 Å². The lowest BCUT2D eigenvalue weighted by molar-refractivity contribution is -0.143. The lowest BCUT2D eigenvalue weighted by Gasteiger charge is -2.29. The Morgan fingerprint density at radius 3 is 2.54 bits per heavy atom. The van der Waals surface area contributed by atoms with Crippen molar-refractivity contribution in [2.45, 2.75) is 19.3 Å². The van der Waals surface area contributed by atoms with Crippen molar-refractivity contribution >= 4 is 47.5 Å². The molecule has 2 N–H and O–H groups in total. The van der Waals surface area contributed by atoms with Gasteiger partial charge in [0.05, 0.1) is 22.5 Å². The molecule has 24 heavy (non-hydrogen) atoms. The van der Waals surface area contributed by atoms with Crippen molar-refractivity contribution in [1.29, 1.82) is 0 Å². The van der Waals surface area contributed by atoms with E-state index < -0.39 is 5.97 Å². The number of aliphatic carboxylic acids is 1. The van der Waals surface area contributed by atoms with E-state index in [9.17, 15) is 9.59 Å². The molecule has 1 amide bonds. The number of carbonyl (C=O) groups is 2. The molecule has 1 saturated heterocycles. The average Bonchev–Trinajstić information content (AvgIpc) is 2.52. The van der Waals surface area contributed by atoms with Gasteiger partial charge >= 0.3 is 5.97 Å². The minimum atomic E-state index is -0.743. The van der Waals surface area contributed by atoms with Crippen LogP contribution in [0.25, 0.3) is 0 Å². The molecule has 0 bridgehead atoms. The Morgan fingerprint density at radius 2 is 1.92 bits per heavy atom. The normalized spacial score (nSPS) is 15.6. The van der Waals surface area contributed by atoms with E-state index in [0.29, 0.717) is 55.5 Å². The molecule has 134 valence electrons. The lowest BCUT2D eigenvalue weighted by atomic mass is 9.97. The molecule has 1 fully saturated rings. The third-order valence-electron chi connectivity index (χ3n) is 4.05. The molecule has 0 radical (unpaired) electrons. The Kier molecular flexibility index (Phi) is 8.84. The van der Waals surface area contributed by atoms with Gasteiger partial charge in [0.15, 0.2) is 0 Å². The van der Waals surface area contributed by atoms with E-state index in [1.54, 1.807) is 6.07 Å². The van der Waals surface area contributed by atoms with Crippen molar-refractivity contribution in [3.05, 3.63) is 33.8 Å². The summed E-state index contributed by atoms with van der Waals surface area (Å²) in [6.07, 6.45) is 1.81. The van der Waals surface area contributed by atoms with E-state index in [1.807, 2.05) is 17.0 Å². The molecule has 1 heterocycles. The standard InChI is InChI=1S/C16H20Cl2N2O3.ClH/c17-13-3-1-2-11(15(13)18)4-7-19-14(21)10-20-8-5-12(6-9-20)16(22)23;/h1-3,12H,4-10H2,(H,19,21)(H,22,23);1H. The molecule has 0 unspecified atom stereocenters. The number of carboxylic acid groups (broad SMARTS) is 1. The minimum absolute atomic E-state index is 0. The third-order valence-corrected chi connectivity index (χ3v) is 4.91. The summed E-state index contributed by atoms with van der Waals surface area (Å²) in [4.78, 5) is 24.8. The van der Waals surface area contributed by atoms with E-state index >= 15 is 0 Å². The van der Waals surface area contributed by atoms with Crippen LogP contribution in [0.15, 0.2) is 18.2 Å². The Morgan fingerprint density at radius 1 is 1.25 bits per heavy atom. The second-order valence-corrected chi connectivity index (χ2v) is 6.49. The van der Waals surface area contributed by atoms with E-state index in [1.165, 1.54) is 0 Å². The van der Waals surface area contributed by atoms with Gasteiger partial charge < -0.3 is 10.4 Å². The molecule has 1 aromatic rings. The molecule has 1 aliphatic rings. The SMILES string of the molecule is Cl.O=C(CN1CCC(C(=O)O)CC1)NCCc1cccc(Cl)c1Cl. The molecular weight excluding hydrogens is 375 g/mol. The molecule has 0 atom stereocenters. The summed E-state index contributed by atoms with van der Waals surface area (Å²) < 4.78 is 0. The predicted octanol–water partition coefficient (Wildman–Crippen LogP) is 2.87. The molecule has 0 aromatic heterocycles. The number of piperidine rings is 1. The maximum Gasteiger partial charge on any atom is 0.306 e. The average molecular weight is 396 g/mol. The highest BCUT2D eigenvalue weighted by atomic mass is 35.5. The van der Waals surface area contributed by atoms with Crippen LogP contribution in [0.1, 0.15) is 18.4 Å². The molecule has 0 saturated carbocycles. The zero-order valence-electron chi connectivity index (χ0n) is 13.1. The highest BCUT2D eigenvalue weighted by Crippen LogP contribution is 2.25. The van der Waals surface area contributed by atoms with Crippen LogP contribution in [-0.2, 0) is 16.0 Å². The molecule has 8 heteroatoms. The van der Waals surface area contributed by atoms with Crippen LogP contribution >= 0.6 is 35.6 Å². The first kappa shape index (κ1) is 21.0. The number of halogens is 3. The van der Waals surface area contributed by atoms with E-state index in [2.05, 4.69) is 5.32 Å². The Balaban J connectivity index is 0.00000288. The Bertz CT molecular complexity index is 576. The highest BCUT2D eigenvalue weighted by molar-refractivity contribution is 6.42. The van der Waals surface area contributed by atoms with Crippen molar-refractivity contribution in [3.63, 3.8) is 0 Å². The molecule has 1 aliphatic heterocycles. The van der Waals surface area contributed by atoms with E-state index in [4.69, 9.17) is 28.3 Å². The van der Waals surface area contributed by atoms with Gasteiger partial charge in [-0.05, 0) is 44.0 Å². The number of amides is 1. The number of likely N-dealkylation sites (tertiary alicyclic amines) is 1. The fraction of sp³-hybridized carbons (Fsp3) is 0.500. The smallest absolute Gasteiger partial charge is 0.306 e. The Labute approximate surface area is 157 Å². The number of nitrogens with one attached hydrogen (secondary N) is 1. The van der Waals surface area contributed by atoms with Gasteiger partial charge in [0.1, 0.15) is 0 Å². The number of nitrogens with zero attached hydrogens (tertiary/aromatic N) is 1. The summed E-state index contributed by atoms with van der Waals surface area (Å²) in [7, 11) is 0. The molecular formula is C16H21Cl3N2O3. The zero-order valence-corrected chi connectivity index (χ0v) is 15.5. The summed E-state index contributed by atoms with van der Waals surface area (Å²) in [5.41, 5.74) is 0.904. The van der Waals surface area contributed by atoms with Crippen LogP contribution in [0.5, 0.6) is 0 Å². The molecule has 2 rings (SSSR count). The van der Waals surface area contributed by atoms with Crippen LogP contribution < -0.4 is 5.32 Å². The summed E-state index contributed by atoms with van der Waals surface area (Å²) >= 11 is 12.1. The van der Waals surface area contributed by atoms with Gasteiger partial charge in [-0.3, -0.25) is 14.5 Å².